The molecule has 88 valence electrons. The number of rotatable bonds is 5. The van der Waals surface area contributed by atoms with E-state index in [-0.39, 0.29) is 5.78 Å². The third-order valence-corrected chi connectivity index (χ3v) is 2.48. The number of carbonyl (C=O) groups is 1. The molecule has 0 N–H and O–H groups in total. The van der Waals surface area contributed by atoms with Gasteiger partial charge in [-0.1, -0.05) is 6.08 Å². The van der Waals surface area contributed by atoms with E-state index in [1.54, 1.807) is 12.2 Å². The van der Waals surface area contributed by atoms with Crippen molar-refractivity contribution in [2.75, 3.05) is 21.3 Å². The van der Waals surface area contributed by atoms with Gasteiger partial charge in [-0.15, -0.1) is 6.58 Å². The molecule has 1 aliphatic carbocycles. The Morgan fingerprint density at radius 1 is 1.38 bits per heavy atom. The maximum Gasteiger partial charge on any atom is 0.248 e. The van der Waals surface area contributed by atoms with E-state index < -0.39 is 5.79 Å². The minimum absolute atomic E-state index is 0.110. The van der Waals surface area contributed by atoms with Crippen LogP contribution >= 0.6 is 0 Å². The number of allylic oxidation sites excluding steroid dienone is 3. The monoisotopic (exact) mass is 224 g/mol. The molecule has 0 aromatic carbocycles. The summed E-state index contributed by atoms with van der Waals surface area (Å²) in [7, 11) is 4.46. The van der Waals surface area contributed by atoms with E-state index >= 15 is 0 Å². The van der Waals surface area contributed by atoms with E-state index in [2.05, 4.69) is 6.58 Å². The largest absolute Gasteiger partial charge is 0.495 e. The van der Waals surface area contributed by atoms with Crippen LogP contribution in [-0.2, 0) is 19.0 Å². The standard InChI is InChI=1S/C12H16O4/c1-5-6-9-8-12(15-3,16-4)11(14-2)7-10(9)13/h5,7-8H,1,6H2,2-4H3. The van der Waals surface area contributed by atoms with Crippen LogP contribution in [0.1, 0.15) is 6.42 Å². The summed E-state index contributed by atoms with van der Waals surface area (Å²) in [6, 6.07) is 0. The molecule has 0 spiro atoms. The first-order valence-corrected chi connectivity index (χ1v) is 4.87. The second-order valence-corrected chi connectivity index (χ2v) is 3.32. The van der Waals surface area contributed by atoms with Crippen LogP contribution in [0.2, 0.25) is 0 Å². The molecule has 0 amide bonds. The van der Waals surface area contributed by atoms with Gasteiger partial charge in [0, 0.05) is 25.9 Å². The summed E-state index contributed by atoms with van der Waals surface area (Å²) >= 11 is 0. The molecule has 16 heavy (non-hydrogen) atoms. The fraction of sp³-hybridized carbons (Fsp3) is 0.417. The van der Waals surface area contributed by atoms with Crippen molar-refractivity contribution in [3.05, 3.63) is 36.1 Å². The minimum Gasteiger partial charge on any atom is -0.495 e. The Morgan fingerprint density at radius 3 is 2.44 bits per heavy atom. The van der Waals surface area contributed by atoms with Crippen molar-refractivity contribution in [2.24, 2.45) is 0 Å². The lowest BCUT2D eigenvalue weighted by Gasteiger charge is -2.32. The van der Waals surface area contributed by atoms with Gasteiger partial charge in [-0.3, -0.25) is 4.79 Å². The zero-order chi connectivity index (χ0) is 12.2. The van der Waals surface area contributed by atoms with Crippen molar-refractivity contribution in [1.82, 2.24) is 0 Å². The van der Waals surface area contributed by atoms with Gasteiger partial charge in [0.1, 0.15) is 0 Å². The number of ether oxygens (including phenoxy) is 3. The van der Waals surface area contributed by atoms with E-state index in [0.29, 0.717) is 17.8 Å². The van der Waals surface area contributed by atoms with Crippen LogP contribution in [0.15, 0.2) is 36.1 Å². The van der Waals surface area contributed by atoms with Gasteiger partial charge in [0.25, 0.3) is 0 Å². The molecule has 0 unspecified atom stereocenters. The van der Waals surface area contributed by atoms with E-state index in [0.717, 1.165) is 0 Å². The average molecular weight is 224 g/mol. The zero-order valence-corrected chi connectivity index (χ0v) is 9.78. The lowest BCUT2D eigenvalue weighted by Crippen LogP contribution is -2.38. The van der Waals surface area contributed by atoms with Crippen molar-refractivity contribution in [3.8, 4) is 0 Å². The summed E-state index contributed by atoms with van der Waals surface area (Å²) < 4.78 is 15.7. The predicted molar refractivity (Wildman–Crippen MR) is 59.7 cm³/mol. The average Bonchev–Trinajstić information content (AvgIpc) is 2.31. The Morgan fingerprint density at radius 2 is 2.00 bits per heavy atom. The molecule has 0 aromatic heterocycles. The highest BCUT2D eigenvalue weighted by Crippen LogP contribution is 2.31. The van der Waals surface area contributed by atoms with Crippen molar-refractivity contribution < 1.29 is 19.0 Å². The van der Waals surface area contributed by atoms with E-state index in [1.807, 2.05) is 0 Å². The maximum absolute atomic E-state index is 11.7. The Balaban J connectivity index is 3.16. The summed E-state index contributed by atoms with van der Waals surface area (Å²) in [5.74, 6) is -0.877. The molecule has 0 saturated heterocycles. The van der Waals surface area contributed by atoms with Gasteiger partial charge in [-0.25, -0.2) is 0 Å². The maximum atomic E-state index is 11.7. The van der Waals surface area contributed by atoms with Crippen LogP contribution in [0.4, 0.5) is 0 Å². The first-order chi connectivity index (χ1) is 7.63. The second-order valence-electron chi connectivity index (χ2n) is 3.32. The Bertz CT molecular complexity index is 348. The quantitative estimate of drug-likeness (QED) is 0.525. The third kappa shape index (κ3) is 2.08. The molecule has 1 aliphatic rings. The summed E-state index contributed by atoms with van der Waals surface area (Å²) in [6.07, 6.45) is 5.13. The van der Waals surface area contributed by atoms with Gasteiger partial charge in [-0.2, -0.15) is 0 Å². The van der Waals surface area contributed by atoms with Crippen molar-refractivity contribution in [1.29, 1.82) is 0 Å². The Kier molecular flexibility index (Phi) is 4.04. The first kappa shape index (κ1) is 12.7. The number of hydrogen-bond donors (Lipinski definition) is 0. The smallest absolute Gasteiger partial charge is 0.248 e. The molecule has 0 atom stereocenters. The first-order valence-electron chi connectivity index (χ1n) is 4.87. The number of ketones is 1. The molecule has 0 radical (unpaired) electrons. The summed E-state index contributed by atoms with van der Waals surface area (Å²) in [4.78, 5) is 11.7. The summed E-state index contributed by atoms with van der Waals surface area (Å²) in [5.41, 5.74) is 0.583. The molecular weight excluding hydrogens is 208 g/mol. The van der Waals surface area contributed by atoms with E-state index in [1.165, 1.54) is 27.4 Å². The van der Waals surface area contributed by atoms with Gasteiger partial charge >= 0.3 is 0 Å². The van der Waals surface area contributed by atoms with E-state index in [9.17, 15) is 4.79 Å². The molecule has 1 rings (SSSR count). The van der Waals surface area contributed by atoms with Crippen molar-refractivity contribution >= 4 is 5.78 Å². The highest BCUT2D eigenvalue weighted by Gasteiger charge is 2.38. The topological polar surface area (TPSA) is 44.8 Å². The summed E-state index contributed by atoms with van der Waals surface area (Å²) in [5, 5.41) is 0. The Hall–Kier alpha value is -1.39. The molecular formula is C12H16O4. The number of carbonyl (C=O) groups excluding carboxylic acids is 1. The highest BCUT2D eigenvalue weighted by molar-refractivity contribution is 6.05. The highest BCUT2D eigenvalue weighted by atomic mass is 16.7. The van der Waals surface area contributed by atoms with Crippen LogP contribution < -0.4 is 0 Å². The zero-order valence-electron chi connectivity index (χ0n) is 9.78. The van der Waals surface area contributed by atoms with Crippen LogP contribution in [0.25, 0.3) is 0 Å². The van der Waals surface area contributed by atoms with Crippen molar-refractivity contribution in [2.45, 2.75) is 12.2 Å². The molecule has 0 heterocycles. The molecule has 4 nitrogen and oxygen atoms in total. The predicted octanol–water partition coefficient (Wildman–Crippen LogP) is 1.59. The molecule has 0 fully saturated rings. The molecule has 4 heteroatoms. The minimum atomic E-state index is -1.11. The van der Waals surface area contributed by atoms with Gasteiger partial charge in [0.05, 0.1) is 7.11 Å². The fourth-order valence-corrected chi connectivity index (χ4v) is 1.60. The van der Waals surface area contributed by atoms with Crippen LogP contribution in [0, 0.1) is 0 Å². The molecule has 0 bridgehead atoms. The third-order valence-electron chi connectivity index (χ3n) is 2.48. The SMILES string of the molecule is C=CCC1=CC(OC)(OC)C(OC)=CC1=O. The summed E-state index contributed by atoms with van der Waals surface area (Å²) in [6.45, 7) is 3.60. The molecule has 0 aromatic rings. The second kappa shape index (κ2) is 5.09. The van der Waals surface area contributed by atoms with Gasteiger partial charge in [0.15, 0.2) is 11.5 Å². The van der Waals surface area contributed by atoms with Crippen LogP contribution in [0.5, 0.6) is 0 Å². The van der Waals surface area contributed by atoms with Gasteiger partial charge in [-0.05, 0) is 12.5 Å². The number of hydrogen-bond acceptors (Lipinski definition) is 4. The lowest BCUT2D eigenvalue weighted by molar-refractivity contribution is -0.167. The fourth-order valence-electron chi connectivity index (χ4n) is 1.60. The Labute approximate surface area is 95.2 Å². The molecule has 0 aliphatic heterocycles. The molecule has 0 saturated carbocycles. The van der Waals surface area contributed by atoms with Crippen LogP contribution in [-0.4, -0.2) is 32.9 Å². The lowest BCUT2D eigenvalue weighted by atomic mass is 9.96. The van der Waals surface area contributed by atoms with Crippen LogP contribution in [0.3, 0.4) is 0 Å². The van der Waals surface area contributed by atoms with Gasteiger partial charge in [0.2, 0.25) is 5.79 Å². The normalized spacial score (nSPS) is 18.8. The number of methoxy groups -OCH3 is 3. The van der Waals surface area contributed by atoms with Crippen molar-refractivity contribution in [3.63, 3.8) is 0 Å². The van der Waals surface area contributed by atoms with Gasteiger partial charge < -0.3 is 14.2 Å². The van der Waals surface area contributed by atoms with E-state index in [4.69, 9.17) is 14.2 Å².